The summed E-state index contributed by atoms with van der Waals surface area (Å²) < 4.78 is 13.5. The zero-order chi connectivity index (χ0) is 16.1. The summed E-state index contributed by atoms with van der Waals surface area (Å²) in [5.74, 6) is -0.677. The molecule has 1 heterocycles. The van der Waals surface area contributed by atoms with Gasteiger partial charge in [-0.05, 0) is 23.1 Å². The second-order valence-electron chi connectivity index (χ2n) is 5.49. The van der Waals surface area contributed by atoms with Gasteiger partial charge in [-0.15, -0.1) is 24.8 Å². The molecule has 7 heteroatoms. The molecule has 2 rings (SSSR count). The molecule has 1 aromatic carbocycles. The van der Waals surface area contributed by atoms with Crippen LogP contribution < -0.4 is 11.1 Å². The maximum Gasteiger partial charge on any atom is 0.254 e. The van der Waals surface area contributed by atoms with Gasteiger partial charge < -0.3 is 11.1 Å². The third-order valence-electron chi connectivity index (χ3n) is 3.53. The Balaban J connectivity index is 0.00000264. The lowest BCUT2D eigenvalue weighted by Crippen LogP contribution is -2.32. The van der Waals surface area contributed by atoms with Gasteiger partial charge in [-0.25, -0.2) is 4.39 Å². The van der Waals surface area contributed by atoms with Crippen LogP contribution in [0.2, 0.25) is 0 Å². The molecule has 0 saturated carbocycles. The Morgan fingerprint density at radius 3 is 2.29 bits per heavy atom. The molecular formula is C17H22Cl2FN3O. The Bertz CT molecular complexity index is 651. The normalized spacial score (nSPS) is 11.2. The van der Waals surface area contributed by atoms with Crippen molar-refractivity contribution in [3.8, 4) is 0 Å². The lowest BCUT2D eigenvalue weighted by Gasteiger charge is -2.14. The largest absolute Gasteiger partial charge is 0.350 e. The van der Waals surface area contributed by atoms with E-state index in [2.05, 4.69) is 24.1 Å². The van der Waals surface area contributed by atoms with Crippen molar-refractivity contribution in [2.24, 2.45) is 5.73 Å². The van der Waals surface area contributed by atoms with Crippen molar-refractivity contribution in [2.75, 3.05) is 6.54 Å². The van der Waals surface area contributed by atoms with Crippen LogP contribution in [0.25, 0.3) is 0 Å². The number of nitrogens with one attached hydrogen (secondary N) is 1. The molecule has 132 valence electrons. The van der Waals surface area contributed by atoms with Crippen LogP contribution in [0.4, 0.5) is 4.39 Å². The van der Waals surface area contributed by atoms with Crippen LogP contribution in [-0.4, -0.2) is 17.4 Å². The SMILES string of the molecule is CC(C)c1ccc(C(N)CNC(=O)c2ccncc2F)cc1.Cl.Cl. The van der Waals surface area contributed by atoms with E-state index in [1.165, 1.54) is 17.8 Å². The number of nitrogens with zero attached hydrogens (tertiary/aromatic N) is 1. The van der Waals surface area contributed by atoms with Gasteiger partial charge in [-0.3, -0.25) is 9.78 Å². The number of benzene rings is 1. The molecule has 0 spiro atoms. The molecule has 0 bridgehead atoms. The van der Waals surface area contributed by atoms with Gasteiger partial charge in [-0.2, -0.15) is 0 Å². The number of hydrogen-bond donors (Lipinski definition) is 2. The van der Waals surface area contributed by atoms with Crippen molar-refractivity contribution >= 4 is 30.7 Å². The van der Waals surface area contributed by atoms with E-state index in [1.807, 2.05) is 24.3 Å². The summed E-state index contributed by atoms with van der Waals surface area (Å²) in [6.07, 6.45) is 2.39. The Hall–Kier alpha value is -1.69. The minimum atomic E-state index is -0.644. The number of hydrogen-bond acceptors (Lipinski definition) is 3. The molecule has 0 radical (unpaired) electrons. The molecule has 0 aliphatic rings. The van der Waals surface area contributed by atoms with Gasteiger partial charge >= 0.3 is 0 Å². The van der Waals surface area contributed by atoms with E-state index >= 15 is 0 Å². The predicted octanol–water partition coefficient (Wildman–Crippen LogP) is 3.62. The minimum Gasteiger partial charge on any atom is -0.350 e. The number of amides is 1. The zero-order valence-electron chi connectivity index (χ0n) is 13.5. The van der Waals surface area contributed by atoms with E-state index in [1.54, 1.807) is 0 Å². The highest BCUT2D eigenvalue weighted by Crippen LogP contribution is 2.17. The number of carbonyl (C=O) groups is 1. The van der Waals surface area contributed by atoms with E-state index in [9.17, 15) is 9.18 Å². The number of carbonyl (C=O) groups excluding carboxylic acids is 1. The molecule has 1 unspecified atom stereocenters. The highest BCUT2D eigenvalue weighted by molar-refractivity contribution is 5.94. The van der Waals surface area contributed by atoms with Crippen LogP contribution >= 0.6 is 24.8 Å². The molecule has 2 aromatic rings. The highest BCUT2D eigenvalue weighted by Gasteiger charge is 2.13. The first-order valence-electron chi connectivity index (χ1n) is 7.22. The smallest absolute Gasteiger partial charge is 0.254 e. The molecule has 0 fully saturated rings. The fourth-order valence-corrected chi connectivity index (χ4v) is 2.10. The van der Waals surface area contributed by atoms with E-state index in [0.29, 0.717) is 5.92 Å². The summed E-state index contributed by atoms with van der Waals surface area (Å²) in [5, 5.41) is 2.64. The summed E-state index contributed by atoms with van der Waals surface area (Å²) in [6.45, 7) is 4.48. The van der Waals surface area contributed by atoms with Crippen LogP contribution in [0.1, 0.15) is 47.3 Å². The molecule has 1 atom stereocenters. The van der Waals surface area contributed by atoms with Crippen molar-refractivity contribution in [3.05, 3.63) is 65.2 Å². The fraction of sp³-hybridized carbons (Fsp3) is 0.294. The Kier molecular flexibility index (Phi) is 9.51. The van der Waals surface area contributed by atoms with Crippen LogP contribution in [0.5, 0.6) is 0 Å². The average Bonchev–Trinajstić information content (AvgIpc) is 2.52. The van der Waals surface area contributed by atoms with Gasteiger partial charge in [0.25, 0.3) is 5.91 Å². The van der Waals surface area contributed by atoms with Crippen molar-refractivity contribution in [1.82, 2.24) is 10.3 Å². The number of rotatable bonds is 5. The molecule has 0 aliphatic carbocycles. The molecule has 1 amide bonds. The summed E-state index contributed by atoms with van der Waals surface area (Å²) >= 11 is 0. The van der Waals surface area contributed by atoms with Gasteiger partial charge in [0.2, 0.25) is 0 Å². The maximum absolute atomic E-state index is 13.5. The van der Waals surface area contributed by atoms with Crippen molar-refractivity contribution in [3.63, 3.8) is 0 Å². The molecule has 24 heavy (non-hydrogen) atoms. The Morgan fingerprint density at radius 2 is 1.75 bits per heavy atom. The second-order valence-corrected chi connectivity index (χ2v) is 5.49. The van der Waals surface area contributed by atoms with Crippen LogP contribution in [0, 0.1) is 5.82 Å². The quantitative estimate of drug-likeness (QED) is 0.840. The topological polar surface area (TPSA) is 68.0 Å². The molecule has 3 N–H and O–H groups in total. The molecule has 1 aromatic heterocycles. The molecule has 4 nitrogen and oxygen atoms in total. The van der Waals surface area contributed by atoms with Gasteiger partial charge in [0.15, 0.2) is 5.82 Å². The first-order valence-corrected chi connectivity index (χ1v) is 7.22. The summed E-state index contributed by atoms with van der Waals surface area (Å²) in [5.41, 5.74) is 8.20. The van der Waals surface area contributed by atoms with Crippen LogP contribution in [-0.2, 0) is 0 Å². The molecule has 0 aliphatic heterocycles. The van der Waals surface area contributed by atoms with E-state index in [4.69, 9.17) is 5.73 Å². The number of halogens is 3. The lowest BCUT2D eigenvalue weighted by molar-refractivity contribution is 0.0947. The van der Waals surface area contributed by atoms with Gasteiger partial charge in [0.1, 0.15) is 0 Å². The van der Waals surface area contributed by atoms with Gasteiger partial charge in [-0.1, -0.05) is 38.1 Å². The maximum atomic E-state index is 13.5. The fourth-order valence-electron chi connectivity index (χ4n) is 2.10. The summed E-state index contributed by atoms with van der Waals surface area (Å²) in [7, 11) is 0. The first-order chi connectivity index (χ1) is 10.5. The number of pyridine rings is 1. The van der Waals surface area contributed by atoms with Crippen molar-refractivity contribution < 1.29 is 9.18 Å². The standard InChI is InChI=1S/C17H20FN3O.2ClH/c1-11(2)12-3-5-13(6-4-12)16(19)10-21-17(22)14-7-8-20-9-15(14)18;;/h3-9,11,16H,10,19H2,1-2H3,(H,21,22);2*1H. The predicted molar refractivity (Wildman–Crippen MR) is 98.5 cm³/mol. The number of aromatic nitrogens is 1. The first kappa shape index (κ1) is 22.3. The Labute approximate surface area is 153 Å². The number of nitrogens with two attached hydrogens (primary N) is 1. The van der Waals surface area contributed by atoms with Crippen LogP contribution in [0.15, 0.2) is 42.7 Å². The third-order valence-corrected chi connectivity index (χ3v) is 3.53. The van der Waals surface area contributed by atoms with Crippen LogP contribution in [0.3, 0.4) is 0 Å². The van der Waals surface area contributed by atoms with Crippen molar-refractivity contribution in [2.45, 2.75) is 25.8 Å². The van der Waals surface area contributed by atoms with E-state index in [0.717, 1.165) is 11.8 Å². The lowest BCUT2D eigenvalue weighted by atomic mass is 9.99. The highest BCUT2D eigenvalue weighted by atomic mass is 35.5. The zero-order valence-corrected chi connectivity index (χ0v) is 15.2. The molecule has 0 saturated heterocycles. The monoisotopic (exact) mass is 373 g/mol. The van der Waals surface area contributed by atoms with Gasteiger partial charge in [0.05, 0.1) is 11.8 Å². The third kappa shape index (κ3) is 5.74. The second kappa shape index (κ2) is 10.2. The van der Waals surface area contributed by atoms with E-state index < -0.39 is 11.7 Å². The minimum absolute atomic E-state index is 0. The summed E-state index contributed by atoms with van der Waals surface area (Å²) in [4.78, 5) is 15.5. The summed E-state index contributed by atoms with van der Waals surface area (Å²) in [6, 6.07) is 8.98. The Morgan fingerprint density at radius 1 is 1.17 bits per heavy atom. The van der Waals surface area contributed by atoms with E-state index in [-0.39, 0.29) is 43.0 Å². The molecular weight excluding hydrogens is 352 g/mol. The average molecular weight is 374 g/mol. The van der Waals surface area contributed by atoms with Gasteiger partial charge in [0, 0.05) is 18.8 Å². The van der Waals surface area contributed by atoms with Crippen molar-refractivity contribution in [1.29, 1.82) is 0 Å².